The molecule has 1 aliphatic rings. The first-order chi connectivity index (χ1) is 19.5. The highest BCUT2D eigenvalue weighted by Gasteiger charge is 2.34. The third-order valence-electron chi connectivity index (χ3n) is 7.08. The molecule has 1 aliphatic carbocycles. The molecular formula is C30H32BrClFN3O4S. The average molecular weight is 665 g/mol. The van der Waals surface area contributed by atoms with Gasteiger partial charge in [0, 0.05) is 23.5 Å². The Kier molecular flexibility index (Phi) is 10.4. The number of sulfonamides is 1. The fourth-order valence-electron chi connectivity index (χ4n) is 5.01. The summed E-state index contributed by atoms with van der Waals surface area (Å²) in [6, 6.07) is 19.3. The van der Waals surface area contributed by atoms with Gasteiger partial charge in [0.2, 0.25) is 21.8 Å². The first-order valence-electron chi connectivity index (χ1n) is 13.3. The van der Waals surface area contributed by atoms with Gasteiger partial charge in [-0.15, -0.1) is 0 Å². The van der Waals surface area contributed by atoms with Gasteiger partial charge in [-0.05, 0) is 54.3 Å². The standard InChI is InChI=1S/C30H32BrClFN3O4S/c1-41(39,40)36(25-14-15-27(33)26(32)18-25)20-29(37)35(19-22-10-7-11-23(31)16-22)28(17-21-8-3-2-4-9-21)30(38)34-24-12-5-6-13-24/h2-4,7-11,14-16,18,24,28H,5-6,12-13,17,19-20H2,1H3,(H,34,38)/t28-/m0/s1. The fraction of sp³-hybridized carbons (Fsp3) is 0.333. The van der Waals surface area contributed by atoms with Gasteiger partial charge in [-0.25, -0.2) is 12.8 Å². The van der Waals surface area contributed by atoms with Crippen LogP contribution in [-0.2, 0) is 32.6 Å². The van der Waals surface area contributed by atoms with Gasteiger partial charge in [0.05, 0.1) is 17.0 Å². The molecule has 1 saturated carbocycles. The molecule has 3 aromatic carbocycles. The maximum absolute atomic E-state index is 14.1. The normalized spacial score (nSPS) is 14.4. The van der Waals surface area contributed by atoms with Crippen molar-refractivity contribution in [1.82, 2.24) is 10.2 Å². The van der Waals surface area contributed by atoms with Gasteiger partial charge in [0.15, 0.2) is 0 Å². The average Bonchev–Trinajstić information content (AvgIpc) is 3.44. The third-order valence-corrected chi connectivity index (χ3v) is 9.01. The number of nitrogens with zero attached hydrogens (tertiary/aromatic N) is 2. The van der Waals surface area contributed by atoms with E-state index in [-0.39, 0.29) is 35.6 Å². The first-order valence-corrected chi connectivity index (χ1v) is 16.3. The van der Waals surface area contributed by atoms with Crippen LogP contribution in [0.5, 0.6) is 0 Å². The Hall–Kier alpha value is -2.95. The quantitative estimate of drug-likeness (QED) is 0.285. The van der Waals surface area contributed by atoms with Gasteiger partial charge in [0.25, 0.3) is 0 Å². The minimum absolute atomic E-state index is 0.0254. The molecule has 0 bridgehead atoms. The molecule has 1 N–H and O–H groups in total. The Balaban J connectivity index is 1.73. The third kappa shape index (κ3) is 8.53. The van der Waals surface area contributed by atoms with Crippen molar-refractivity contribution in [3.05, 3.63) is 99.2 Å². The van der Waals surface area contributed by atoms with Crippen LogP contribution in [0.25, 0.3) is 0 Å². The van der Waals surface area contributed by atoms with E-state index in [4.69, 9.17) is 11.6 Å². The van der Waals surface area contributed by atoms with Crippen molar-refractivity contribution in [1.29, 1.82) is 0 Å². The molecule has 0 heterocycles. The maximum Gasteiger partial charge on any atom is 0.244 e. The van der Waals surface area contributed by atoms with Crippen molar-refractivity contribution >= 4 is 55.1 Å². The van der Waals surface area contributed by atoms with Crippen LogP contribution in [0, 0.1) is 5.82 Å². The van der Waals surface area contributed by atoms with E-state index in [1.807, 2.05) is 54.6 Å². The number of carbonyl (C=O) groups excluding carboxylic acids is 2. The Morgan fingerprint density at radius 3 is 2.34 bits per heavy atom. The molecule has 11 heteroatoms. The summed E-state index contributed by atoms with van der Waals surface area (Å²) in [7, 11) is -3.98. The predicted molar refractivity (Wildman–Crippen MR) is 163 cm³/mol. The Labute approximate surface area is 253 Å². The molecule has 0 spiro atoms. The summed E-state index contributed by atoms with van der Waals surface area (Å²) < 4.78 is 41.2. The number of benzene rings is 3. The highest BCUT2D eigenvalue weighted by Crippen LogP contribution is 2.26. The van der Waals surface area contributed by atoms with Crippen LogP contribution >= 0.6 is 27.5 Å². The highest BCUT2D eigenvalue weighted by atomic mass is 79.9. The number of amides is 2. The SMILES string of the molecule is CS(=O)(=O)N(CC(=O)N(Cc1cccc(Br)c1)[C@@H](Cc1ccccc1)C(=O)NC1CCCC1)c1ccc(F)c(Cl)c1. The number of carbonyl (C=O) groups is 2. The molecule has 0 aliphatic heterocycles. The van der Waals surface area contributed by atoms with Crippen LogP contribution in [0.1, 0.15) is 36.8 Å². The molecule has 3 aromatic rings. The van der Waals surface area contributed by atoms with Gasteiger partial charge in [-0.2, -0.15) is 0 Å². The van der Waals surface area contributed by atoms with Gasteiger partial charge in [0.1, 0.15) is 18.4 Å². The number of nitrogens with one attached hydrogen (secondary N) is 1. The van der Waals surface area contributed by atoms with Crippen LogP contribution in [-0.4, -0.2) is 50.0 Å². The van der Waals surface area contributed by atoms with Gasteiger partial charge < -0.3 is 10.2 Å². The molecule has 0 aromatic heterocycles. The molecule has 1 atom stereocenters. The number of halogens is 3. The van der Waals surface area contributed by atoms with Crippen molar-refractivity contribution in [2.75, 3.05) is 17.1 Å². The minimum atomic E-state index is -3.98. The van der Waals surface area contributed by atoms with E-state index in [1.165, 1.54) is 11.0 Å². The van der Waals surface area contributed by atoms with E-state index >= 15 is 0 Å². The number of anilines is 1. The van der Waals surface area contributed by atoms with E-state index in [1.54, 1.807) is 0 Å². The fourth-order valence-corrected chi connectivity index (χ4v) is 6.47. The van der Waals surface area contributed by atoms with Gasteiger partial charge >= 0.3 is 0 Å². The summed E-state index contributed by atoms with van der Waals surface area (Å²) in [5.74, 6) is -1.59. The molecule has 4 rings (SSSR count). The zero-order valence-electron chi connectivity index (χ0n) is 22.6. The second-order valence-corrected chi connectivity index (χ2v) is 13.4. The van der Waals surface area contributed by atoms with E-state index in [0.29, 0.717) is 0 Å². The van der Waals surface area contributed by atoms with Crippen molar-refractivity contribution in [2.24, 2.45) is 0 Å². The molecule has 0 unspecified atom stereocenters. The lowest BCUT2D eigenvalue weighted by Crippen LogP contribution is -2.54. The van der Waals surface area contributed by atoms with Gasteiger partial charge in [-0.1, -0.05) is 82.8 Å². The number of rotatable bonds is 11. The predicted octanol–water partition coefficient (Wildman–Crippen LogP) is 5.71. The smallest absolute Gasteiger partial charge is 0.244 e. The Bertz CT molecular complexity index is 1490. The summed E-state index contributed by atoms with van der Waals surface area (Å²) in [6.45, 7) is -0.535. The first kappa shape index (κ1) is 31.0. The molecule has 218 valence electrons. The molecular weight excluding hydrogens is 633 g/mol. The molecule has 1 fully saturated rings. The summed E-state index contributed by atoms with van der Waals surface area (Å²) >= 11 is 9.41. The van der Waals surface area contributed by atoms with Crippen molar-refractivity contribution in [2.45, 2.75) is 50.7 Å². The zero-order chi connectivity index (χ0) is 29.6. The lowest BCUT2D eigenvalue weighted by molar-refractivity contribution is -0.140. The second kappa shape index (κ2) is 13.8. The van der Waals surface area contributed by atoms with Crippen molar-refractivity contribution < 1.29 is 22.4 Å². The zero-order valence-corrected chi connectivity index (χ0v) is 25.8. The van der Waals surface area contributed by atoms with Crippen molar-refractivity contribution in [3.63, 3.8) is 0 Å². The Morgan fingerprint density at radius 1 is 1.02 bits per heavy atom. The van der Waals surface area contributed by atoms with E-state index < -0.39 is 34.3 Å². The van der Waals surface area contributed by atoms with E-state index in [9.17, 15) is 22.4 Å². The van der Waals surface area contributed by atoms with Crippen LogP contribution in [0.4, 0.5) is 10.1 Å². The lowest BCUT2D eigenvalue weighted by atomic mass is 10.0. The summed E-state index contributed by atoms with van der Waals surface area (Å²) in [4.78, 5) is 29.4. The summed E-state index contributed by atoms with van der Waals surface area (Å²) in [6.07, 6.45) is 5.00. The van der Waals surface area contributed by atoms with Crippen LogP contribution in [0.3, 0.4) is 0 Å². The van der Waals surface area contributed by atoms with Crippen molar-refractivity contribution in [3.8, 4) is 0 Å². The molecule has 0 radical (unpaired) electrons. The van der Waals surface area contributed by atoms with E-state index in [2.05, 4.69) is 21.2 Å². The topological polar surface area (TPSA) is 86.8 Å². The molecule has 41 heavy (non-hydrogen) atoms. The van der Waals surface area contributed by atoms with Gasteiger partial charge in [-0.3, -0.25) is 13.9 Å². The monoisotopic (exact) mass is 663 g/mol. The van der Waals surface area contributed by atoms with Crippen LogP contribution in [0.15, 0.2) is 77.3 Å². The largest absolute Gasteiger partial charge is 0.352 e. The van der Waals surface area contributed by atoms with Crippen LogP contribution < -0.4 is 9.62 Å². The van der Waals surface area contributed by atoms with E-state index in [0.717, 1.165) is 64.0 Å². The molecule has 2 amide bonds. The highest BCUT2D eigenvalue weighted by molar-refractivity contribution is 9.10. The second-order valence-electron chi connectivity index (χ2n) is 10.2. The molecule has 0 saturated heterocycles. The summed E-state index contributed by atoms with van der Waals surface area (Å²) in [5.41, 5.74) is 1.66. The summed E-state index contributed by atoms with van der Waals surface area (Å²) in [5, 5.41) is 2.86. The Morgan fingerprint density at radius 2 is 1.71 bits per heavy atom. The minimum Gasteiger partial charge on any atom is -0.352 e. The van der Waals surface area contributed by atoms with Crippen LogP contribution in [0.2, 0.25) is 5.02 Å². The lowest BCUT2D eigenvalue weighted by Gasteiger charge is -2.34. The number of hydrogen-bond donors (Lipinski definition) is 1. The molecule has 7 nitrogen and oxygen atoms in total. The number of hydrogen-bond acceptors (Lipinski definition) is 4. The maximum atomic E-state index is 14.1.